The van der Waals surface area contributed by atoms with E-state index in [1.165, 1.54) is 22.6 Å². The Labute approximate surface area is 246 Å². The van der Waals surface area contributed by atoms with E-state index in [0.717, 1.165) is 0 Å². The van der Waals surface area contributed by atoms with Gasteiger partial charge in [-0.1, -0.05) is 0 Å². The number of anilines is 1. The van der Waals surface area contributed by atoms with Crippen molar-refractivity contribution in [2.24, 2.45) is 0 Å². The van der Waals surface area contributed by atoms with E-state index in [2.05, 4.69) is 0 Å². The topological polar surface area (TPSA) is 26.0 Å². The van der Waals surface area contributed by atoms with Gasteiger partial charge < -0.3 is 29.7 Å². The number of nitrogen functional groups attached to an aromatic ring is 1. The van der Waals surface area contributed by atoms with E-state index in [9.17, 15) is 52.7 Å². The van der Waals surface area contributed by atoms with Gasteiger partial charge in [-0.15, -0.1) is 0 Å². The van der Waals surface area contributed by atoms with E-state index in [1.807, 2.05) is 0 Å². The average molecular weight is 735 g/mol. The van der Waals surface area contributed by atoms with Crippen LogP contribution in [0.5, 0.6) is 0 Å². The number of hydrogen-bond acceptors (Lipinski definition) is 1. The minimum Gasteiger partial charge on any atom is -1.00 e. The van der Waals surface area contributed by atoms with Gasteiger partial charge in [-0.3, -0.25) is 0 Å². The fourth-order valence-corrected chi connectivity index (χ4v) is 2.74. The monoisotopic (exact) mass is 735 g/mol. The van der Waals surface area contributed by atoms with Crippen molar-refractivity contribution in [3.05, 3.63) is 62.2 Å². The van der Waals surface area contributed by atoms with Crippen LogP contribution < -0.4 is 81.1 Å². The van der Waals surface area contributed by atoms with Crippen LogP contribution in [0.3, 0.4) is 0 Å². The molecular weight excluding hydrogens is 727 g/mol. The molecule has 0 unspecified atom stereocenters. The minimum absolute atomic E-state index is 0. The van der Waals surface area contributed by atoms with Gasteiger partial charge in [0, 0.05) is 9.26 Å². The SMILES string of the molecule is FC(F)(F)c1ccc(C(F)(F)F)c(I)c1.Nc1cc(C(F)(F)F)ccc1C(F)(F)F.[I-].[K+]. The quantitative estimate of drug-likeness (QED) is 0.190. The first-order chi connectivity index (χ1) is 13.2. The van der Waals surface area contributed by atoms with Crippen LogP contribution in [-0.2, 0) is 24.7 Å². The van der Waals surface area contributed by atoms with Gasteiger partial charge >= 0.3 is 76.1 Å². The van der Waals surface area contributed by atoms with Crippen molar-refractivity contribution in [2.75, 3.05) is 5.73 Å². The number of nitrogens with two attached hydrogens (primary N) is 1. The Morgan fingerprint density at radius 1 is 0.562 bits per heavy atom. The molecule has 176 valence electrons. The molecular formula is C16H8F12I2KN. The van der Waals surface area contributed by atoms with Gasteiger partial charge in [0.15, 0.2) is 0 Å². The van der Waals surface area contributed by atoms with Crippen LogP contribution in [0.1, 0.15) is 22.3 Å². The molecule has 1 nitrogen and oxygen atoms in total. The second-order valence-electron chi connectivity index (χ2n) is 5.49. The van der Waals surface area contributed by atoms with Crippen LogP contribution in [0.15, 0.2) is 36.4 Å². The van der Waals surface area contributed by atoms with Crippen molar-refractivity contribution in [1.82, 2.24) is 0 Å². The average Bonchev–Trinajstić information content (AvgIpc) is 2.51. The molecule has 2 rings (SSSR count). The molecule has 0 bridgehead atoms. The third-order valence-corrected chi connectivity index (χ3v) is 4.18. The second kappa shape index (κ2) is 12.5. The van der Waals surface area contributed by atoms with Gasteiger partial charge in [0.2, 0.25) is 0 Å². The Morgan fingerprint density at radius 2 is 0.906 bits per heavy atom. The summed E-state index contributed by atoms with van der Waals surface area (Å²) in [6.07, 6.45) is -18.7. The van der Waals surface area contributed by atoms with Gasteiger partial charge in [-0.2, -0.15) is 52.7 Å². The van der Waals surface area contributed by atoms with Gasteiger partial charge in [0.05, 0.1) is 22.3 Å². The van der Waals surface area contributed by atoms with Crippen LogP contribution in [0.4, 0.5) is 58.4 Å². The molecule has 2 N–H and O–H groups in total. The molecule has 0 fully saturated rings. The van der Waals surface area contributed by atoms with Crippen molar-refractivity contribution in [3.8, 4) is 0 Å². The summed E-state index contributed by atoms with van der Waals surface area (Å²) >= 11 is 1.23. The zero-order valence-corrected chi connectivity index (χ0v) is 22.8. The molecule has 0 atom stereocenters. The molecule has 0 aliphatic carbocycles. The number of hydrogen-bond donors (Lipinski definition) is 1. The van der Waals surface area contributed by atoms with Crippen molar-refractivity contribution in [3.63, 3.8) is 0 Å². The van der Waals surface area contributed by atoms with Gasteiger partial charge in [0.1, 0.15) is 0 Å². The Morgan fingerprint density at radius 3 is 1.19 bits per heavy atom. The van der Waals surface area contributed by atoms with Crippen molar-refractivity contribution < 1.29 is 128 Å². The third-order valence-electron chi connectivity index (χ3n) is 3.29. The van der Waals surface area contributed by atoms with E-state index >= 15 is 0 Å². The molecule has 0 amide bonds. The molecule has 0 saturated heterocycles. The molecule has 32 heavy (non-hydrogen) atoms. The first kappa shape index (κ1) is 34.7. The molecule has 16 heteroatoms. The fourth-order valence-electron chi connectivity index (χ4n) is 1.92. The molecule has 2 aromatic carbocycles. The van der Waals surface area contributed by atoms with E-state index < -0.39 is 56.2 Å². The molecule has 2 aromatic rings. The summed E-state index contributed by atoms with van der Waals surface area (Å²) in [4.78, 5) is 0. The molecule has 0 saturated carbocycles. The Balaban J connectivity index is 0. The summed E-state index contributed by atoms with van der Waals surface area (Å²) in [5.41, 5.74) is -0.660. The largest absolute Gasteiger partial charge is 1.00 e. The summed E-state index contributed by atoms with van der Waals surface area (Å²) in [7, 11) is 0. The fraction of sp³-hybridized carbons (Fsp3) is 0.250. The minimum atomic E-state index is -4.74. The normalized spacial score (nSPS) is 12.2. The van der Waals surface area contributed by atoms with Crippen LogP contribution in [0.2, 0.25) is 0 Å². The van der Waals surface area contributed by atoms with E-state index in [1.54, 1.807) is 0 Å². The van der Waals surface area contributed by atoms with E-state index in [0.29, 0.717) is 30.3 Å². The van der Waals surface area contributed by atoms with E-state index in [-0.39, 0.29) is 81.4 Å². The second-order valence-corrected chi connectivity index (χ2v) is 6.65. The van der Waals surface area contributed by atoms with Crippen LogP contribution >= 0.6 is 22.6 Å². The van der Waals surface area contributed by atoms with E-state index in [4.69, 9.17) is 5.73 Å². The van der Waals surface area contributed by atoms with Crippen molar-refractivity contribution in [2.45, 2.75) is 24.7 Å². The summed E-state index contributed by atoms with van der Waals surface area (Å²) < 4.78 is 145. The molecule has 0 spiro atoms. The number of benzene rings is 2. The van der Waals surface area contributed by atoms with Gasteiger partial charge in [-0.25, -0.2) is 0 Å². The number of rotatable bonds is 0. The maximum atomic E-state index is 12.2. The van der Waals surface area contributed by atoms with Crippen LogP contribution in [-0.4, -0.2) is 0 Å². The predicted octanol–water partition coefficient (Wildman–Crippen LogP) is 1.64. The standard InChI is InChI=1S/C8H3F6I.C8H5F6N.HI.K/c2*9-7(10,11)4-1-2-5(6(15)3-4)8(12,13)14;;/h1-3H;1-3H,15H2;1H;/q;;;+1/p-1. The Hall–Kier alpha value is 0.496. The third kappa shape index (κ3) is 10.4. The molecule has 0 heterocycles. The summed E-state index contributed by atoms with van der Waals surface area (Å²) in [5, 5.41) is 0. The summed E-state index contributed by atoms with van der Waals surface area (Å²) in [5.74, 6) is 0. The maximum Gasteiger partial charge on any atom is 1.00 e. The Kier molecular flexibility index (Phi) is 13.5. The first-order valence-electron chi connectivity index (χ1n) is 7.22. The first-order valence-corrected chi connectivity index (χ1v) is 8.30. The zero-order chi connectivity index (χ0) is 23.7. The summed E-state index contributed by atoms with van der Waals surface area (Å²) in [6, 6.07) is 2.26. The van der Waals surface area contributed by atoms with Gasteiger partial charge in [0.25, 0.3) is 0 Å². The van der Waals surface area contributed by atoms with Crippen LogP contribution in [0.25, 0.3) is 0 Å². The number of alkyl halides is 12. The molecule has 0 radical (unpaired) electrons. The smallest absolute Gasteiger partial charge is 1.00 e. The summed E-state index contributed by atoms with van der Waals surface area (Å²) in [6.45, 7) is 0. The van der Waals surface area contributed by atoms with Crippen molar-refractivity contribution >= 4 is 28.3 Å². The molecule has 0 aliphatic rings. The molecule has 0 aromatic heterocycles. The molecule has 0 aliphatic heterocycles. The van der Waals surface area contributed by atoms with Gasteiger partial charge in [-0.05, 0) is 59.0 Å². The number of halogens is 14. The predicted molar refractivity (Wildman–Crippen MR) is 90.0 cm³/mol. The van der Waals surface area contributed by atoms with Crippen LogP contribution in [0, 0.1) is 3.57 Å². The van der Waals surface area contributed by atoms with Crippen molar-refractivity contribution in [1.29, 1.82) is 0 Å². The maximum absolute atomic E-state index is 12.2. The zero-order valence-electron chi connectivity index (χ0n) is 15.3. The Bertz CT molecular complexity index is 815.